The number of nitrogens with zero attached hydrogens (tertiary/aromatic N) is 1. The van der Waals surface area contributed by atoms with E-state index in [1.807, 2.05) is 6.92 Å². The van der Waals surface area contributed by atoms with E-state index in [0.717, 1.165) is 12.1 Å². The van der Waals surface area contributed by atoms with E-state index in [2.05, 4.69) is 5.32 Å². The van der Waals surface area contributed by atoms with Gasteiger partial charge >= 0.3 is 0 Å². The lowest BCUT2D eigenvalue weighted by Crippen LogP contribution is -2.33. The van der Waals surface area contributed by atoms with E-state index in [1.54, 1.807) is 48.5 Å². The van der Waals surface area contributed by atoms with Crippen molar-refractivity contribution in [3.8, 4) is 5.75 Å². The Balaban J connectivity index is 1.78. The first kappa shape index (κ1) is 21.5. The molecular formula is C24H17ClF2N2O3. The molecular weight excluding hydrogens is 438 g/mol. The molecule has 8 heteroatoms. The average Bonchev–Trinajstić information content (AvgIpc) is 3.00. The summed E-state index contributed by atoms with van der Waals surface area (Å²) >= 11 is 5.96. The van der Waals surface area contributed by atoms with Gasteiger partial charge < -0.3 is 10.1 Å². The fourth-order valence-electron chi connectivity index (χ4n) is 3.36. The first-order valence-corrected chi connectivity index (χ1v) is 10.1. The summed E-state index contributed by atoms with van der Waals surface area (Å²) in [7, 11) is 0. The number of nitrogens with one attached hydrogen (secondary N) is 1. The van der Waals surface area contributed by atoms with Crippen LogP contribution in [0, 0.1) is 11.6 Å². The van der Waals surface area contributed by atoms with Gasteiger partial charge in [-0.3, -0.25) is 9.59 Å². The number of benzene rings is 3. The lowest BCUT2D eigenvalue weighted by molar-refractivity contribution is -0.120. The van der Waals surface area contributed by atoms with Crippen LogP contribution in [0.2, 0.25) is 5.02 Å². The van der Waals surface area contributed by atoms with Crippen molar-refractivity contribution in [2.24, 2.45) is 0 Å². The van der Waals surface area contributed by atoms with Crippen molar-refractivity contribution in [1.82, 2.24) is 0 Å². The zero-order valence-corrected chi connectivity index (χ0v) is 17.6. The monoisotopic (exact) mass is 454 g/mol. The summed E-state index contributed by atoms with van der Waals surface area (Å²) in [5, 5.41) is 3.42. The van der Waals surface area contributed by atoms with Gasteiger partial charge in [-0.2, -0.15) is 0 Å². The number of amides is 2. The smallest absolute Gasteiger partial charge is 0.282 e. The molecule has 0 atom stereocenters. The first-order valence-electron chi connectivity index (χ1n) is 9.73. The van der Waals surface area contributed by atoms with Gasteiger partial charge in [0.2, 0.25) is 0 Å². The maximum atomic E-state index is 14.4. The summed E-state index contributed by atoms with van der Waals surface area (Å²) in [6, 6.07) is 15.8. The highest BCUT2D eigenvalue weighted by Gasteiger charge is 2.41. The summed E-state index contributed by atoms with van der Waals surface area (Å²) in [6.07, 6.45) is 0. The van der Waals surface area contributed by atoms with Crippen LogP contribution in [0.3, 0.4) is 0 Å². The Kier molecular flexibility index (Phi) is 5.92. The summed E-state index contributed by atoms with van der Waals surface area (Å²) in [6.45, 7) is 2.37. The fraction of sp³-hybridized carbons (Fsp3) is 0.0833. The summed E-state index contributed by atoms with van der Waals surface area (Å²) in [5.41, 5.74) is 0.620. The van der Waals surface area contributed by atoms with E-state index in [0.29, 0.717) is 39.6 Å². The Morgan fingerprint density at radius 1 is 0.938 bits per heavy atom. The van der Waals surface area contributed by atoms with Crippen molar-refractivity contribution < 1.29 is 23.1 Å². The van der Waals surface area contributed by atoms with Gasteiger partial charge in [0, 0.05) is 16.8 Å². The molecule has 5 nitrogen and oxygen atoms in total. The molecule has 1 aliphatic heterocycles. The molecule has 0 radical (unpaired) electrons. The van der Waals surface area contributed by atoms with Gasteiger partial charge in [-0.05, 0) is 61.0 Å². The normalized spacial score (nSPS) is 13.7. The van der Waals surface area contributed by atoms with Crippen molar-refractivity contribution in [1.29, 1.82) is 0 Å². The van der Waals surface area contributed by atoms with Crippen molar-refractivity contribution >= 4 is 40.4 Å². The van der Waals surface area contributed by atoms with Crippen LogP contribution < -0.4 is 15.0 Å². The number of anilines is 2. The molecule has 0 aliphatic carbocycles. The van der Waals surface area contributed by atoms with Crippen LogP contribution in [0.15, 0.2) is 72.4 Å². The van der Waals surface area contributed by atoms with Crippen LogP contribution in [0.5, 0.6) is 5.75 Å². The molecule has 32 heavy (non-hydrogen) atoms. The van der Waals surface area contributed by atoms with E-state index < -0.39 is 23.4 Å². The van der Waals surface area contributed by atoms with Gasteiger partial charge in [0.05, 0.1) is 17.9 Å². The minimum atomic E-state index is -1.02. The number of carbonyl (C=O) groups is 2. The summed E-state index contributed by atoms with van der Waals surface area (Å²) < 4.78 is 33.2. The van der Waals surface area contributed by atoms with Gasteiger partial charge in [-0.1, -0.05) is 23.7 Å². The van der Waals surface area contributed by atoms with Gasteiger partial charge in [-0.25, -0.2) is 13.7 Å². The van der Waals surface area contributed by atoms with Gasteiger partial charge in [0.15, 0.2) is 0 Å². The summed E-state index contributed by atoms with van der Waals surface area (Å²) in [4.78, 5) is 27.2. The second kappa shape index (κ2) is 8.80. The van der Waals surface area contributed by atoms with Crippen molar-refractivity contribution in [2.45, 2.75) is 6.92 Å². The molecule has 1 N–H and O–H groups in total. The molecule has 0 saturated heterocycles. The number of halogens is 3. The molecule has 2 amide bonds. The van der Waals surface area contributed by atoms with Crippen molar-refractivity contribution in [3.63, 3.8) is 0 Å². The number of hydrogen-bond acceptors (Lipinski definition) is 4. The Morgan fingerprint density at radius 2 is 1.62 bits per heavy atom. The zero-order chi connectivity index (χ0) is 22.8. The van der Waals surface area contributed by atoms with Gasteiger partial charge in [-0.15, -0.1) is 0 Å². The number of hydrogen-bond donors (Lipinski definition) is 1. The highest BCUT2D eigenvalue weighted by molar-refractivity contribution is 6.46. The van der Waals surface area contributed by atoms with Crippen molar-refractivity contribution in [3.05, 3.63) is 94.6 Å². The second-order valence-electron chi connectivity index (χ2n) is 6.88. The van der Waals surface area contributed by atoms with Crippen LogP contribution >= 0.6 is 11.6 Å². The van der Waals surface area contributed by atoms with E-state index in [1.165, 1.54) is 0 Å². The molecule has 3 aromatic carbocycles. The molecule has 0 bridgehead atoms. The standard InChI is InChI=1S/C24H17ClF2N2O3/c1-2-32-18-10-8-17(9-11-18)28-22-21(14-3-5-15(25)6-4-14)23(30)29(24(22)31)20-12-7-16(26)13-19(20)27/h3-13,28H,2H2,1H3. The topological polar surface area (TPSA) is 58.6 Å². The van der Waals surface area contributed by atoms with Crippen molar-refractivity contribution in [2.75, 3.05) is 16.8 Å². The second-order valence-corrected chi connectivity index (χ2v) is 7.32. The van der Waals surface area contributed by atoms with Crippen LogP contribution in [0.1, 0.15) is 12.5 Å². The van der Waals surface area contributed by atoms with Crippen LogP contribution in [0.4, 0.5) is 20.2 Å². The lowest BCUT2D eigenvalue weighted by Gasteiger charge is -2.16. The Bertz CT molecular complexity index is 1220. The quantitative estimate of drug-likeness (QED) is 0.506. The molecule has 3 aromatic rings. The van der Waals surface area contributed by atoms with E-state index in [4.69, 9.17) is 16.3 Å². The van der Waals surface area contributed by atoms with E-state index in [9.17, 15) is 18.4 Å². The molecule has 0 fully saturated rings. The Morgan fingerprint density at radius 3 is 2.25 bits per heavy atom. The predicted molar refractivity (Wildman–Crippen MR) is 118 cm³/mol. The molecule has 0 aromatic heterocycles. The van der Waals surface area contributed by atoms with Gasteiger partial charge in [0.1, 0.15) is 23.1 Å². The third kappa shape index (κ3) is 4.07. The molecule has 162 valence electrons. The highest BCUT2D eigenvalue weighted by atomic mass is 35.5. The SMILES string of the molecule is CCOc1ccc(NC2=C(c3ccc(Cl)cc3)C(=O)N(c3ccc(F)cc3F)C2=O)cc1. The predicted octanol–water partition coefficient (Wildman–Crippen LogP) is 5.41. The summed E-state index contributed by atoms with van der Waals surface area (Å²) in [5.74, 6) is -2.70. The third-order valence-corrected chi connectivity index (χ3v) is 5.05. The number of rotatable bonds is 6. The highest BCUT2D eigenvalue weighted by Crippen LogP contribution is 2.35. The maximum Gasteiger partial charge on any atom is 0.282 e. The largest absolute Gasteiger partial charge is 0.494 e. The molecule has 0 spiro atoms. The molecule has 4 rings (SSSR count). The third-order valence-electron chi connectivity index (χ3n) is 4.80. The molecule has 1 heterocycles. The zero-order valence-electron chi connectivity index (χ0n) is 16.9. The molecule has 1 aliphatic rings. The number of carbonyl (C=O) groups excluding carboxylic acids is 2. The molecule has 0 unspecified atom stereocenters. The lowest BCUT2D eigenvalue weighted by atomic mass is 10.0. The van der Waals surface area contributed by atoms with Crippen LogP contribution in [-0.4, -0.2) is 18.4 Å². The average molecular weight is 455 g/mol. The van der Waals surface area contributed by atoms with E-state index >= 15 is 0 Å². The fourth-order valence-corrected chi connectivity index (χ4v) is 3.48. The first-order chi connectivity index (χ1) is 15.4. The Labute approximate surface area is 187 Å². The maximum absolute atomic E-state index is 14.4. The van der Waals surface area contributed by atoms with Crippen LogP contribution in [0.25, 0.3) is 5.57 Å². The minimum Gasteiger partial charge on any atom is -0.494 e. The minimum absolute atomic E-state index is 0.0368. The number of imide groups is 1. The van der Waals surface area contributed by atoms with E-state index in [-0.39, 0.29) is 17.0 Å². The van der Waals surface area contributed by atoms with Crippen LogP contribution in [-0.2, 0) is 9.59 Å². The number of ether oxygens (including phenoxy) is 1. The van der Waals surface area contributed by atoms with Gasteiger partial charge in [0.25, 0.3) is 11.8 Å². The Hall–Kier alpha value is -3.71. The molecule has 0 saturated carbocycles.